The van der Waals surface area contributed by atoms with Crippen LogP contribution in [0.5, 0.6) is 5.75 Å². The number of ether oxygens (including phenoxy) is 1. The molecule has 0 fully saturated rings. The minimum atomic E-state index is -0.0626. The highest BCUT2D eigenvalue weighted by Crippen LogP contribution is 2.38. The highest BCUT2D eigenvalue weighted by Gasteiger charge is 2.24. The summed E-state index contributed by atoms with van der Waals surface area (Å²) in [5.41, 5.74) is 7.86. The molecule has 0 unspecified atom stereocenters. The van der Waals surface area contributed by atoms with Gasteiger partial charge in [0.25, 0.3) is 0 Å². The molecule has 1 aliphatic rings. The summed E-state index contributed by atoms with van der Waals surface area (Å²) in [7, 11) is 0. The second kappa shape index (κ2) is 2.64. The van der Waals surface area contributed by atoms with Gasteiger partial charge in [0.2, 0.25) is 0 Å². The molecule has 0 spiro atoms. The molecule has 0 bridgehead atoms. The molecule has 1 aromatic rings. The second-order valence-electron chi connectivity index (χ2n) is 3.02. The monoisotopic (exact) mass is 183 g/mol. The first-order valence-electron chi connectivity index (χ1n) is 3.87. The number of hydrogen-bond acceptors (Lipinski definition) is 2. The summed E-state index contributed by atoms with van der Waals surface area (Å²) >= 11 is 5.98. The van der Waals surface area contributed by atoms with E-state index in [0.29, 0.717) is 11.6 Å². The van der Waals surface area contributed by atoms with E-state index in [1.54, 1.807) is 0 Å². The lowest BCUT2D eigenvalue weighted by molar-refractivity contribution is 0.331. The SMILES string of the molecule is Cc1ccc(Cl)c2c1OC[C@@H]2N. The molecule has 1 aliphatic heterocycles. The molecule has 3 heteroatoms. The summed E-state index contributed by atoms with van der Waals surface area (Å²) in [6.07, 6.45) is 0. The van der Waals surface area contributed by atoms with E-state index in [0.717, 1.165) is 16.9 Å². The van der Waals surface area contributed by atoms with Crippen molar-refractivity contribution in [2.24, 2.45) is 5.73 Å². The highest BCUT2D eigenvalue weighted by atomic mass is 35.5. The smallest absolute Gasteiger partial charge is 0.128 e. The maximum atomic E-state index is 5.98. The molecule has 1 atom stereocenters. The largest absolute Gasteiger partial charge is 0.491 e. The van der Waals surface area contributed by atoms with Gasteiger partial charge in [0.05, 0.1) is 6.04 Å². The van der Waals surface area contributed by atoms with E-state index in [1.165, 1.54) is 0 Å². The van der Waals surface area contributed by atoms with Crippen LogP contribution in [0.15, 0.2) is 12.1 Å². The van der Waals surface area contributed by atoms with Gasteiger partial charge in [-0.25, -0.2) is 0 Å². The van der Waals surface area contributed by atoms with Crippen LogP contribution in [0.1, 0.15) is 17.2 Å². The van der Waals surface area contributed by atoms with Crippen molar-refractivity contribution in [3.8, 4) is 5.75 Å². The Hall–Kier alpha value is -0.730. The van der Waals surface area contributed by atoms with Crippen molar-refractivity contribution in [2.75, 3.05) is 6.61 Å². The quantitative estimate of drug-likeness (QED) is 0.668. The van der Waals surface area contributed by atoms with Gasteiger partial charge in [-0.2, -0.15) is 0 Å². The van der Waals surface area contributed by atoms with Crippen LogP contribution < -0.4 is 10.5 Å². The van der Waals surface area contributed by atoms with Crippen molar-refractivity contribution in [2.45, 2.75) is 13.0 Å². The van der Waals surface area contributed by atoms with Gasteiger partial charge >= 0.3 is 0 Å². The predicted molar refractivity (Wildman–Crippen MR) is 48.6 cm³/mol. The van der Waals surface area contributed by atoms with Gasteiger partial charge in [0, 0.05) is 10.6 Å². The van der Waals surface area contributed by atoms with Gasteiger partial charge < -0.3 is 10.5 Å². The molecule has 2 rings (SSSR count). The lowest BCUT2D eigenvalue weighted by Gasteiger charge is -2.05. The molecule has 0 saturated heterocycles. The fraction of sp³-hybridized carbons (Fsp3) is 0.333. The predicted octanol–water partition coefficient (Wildman–Crippen LogP) is 2.04. The second-order valence-corrected chi connectivity index (χ2v) is 3.43. The van der Waals surface area contributed by atoms with Crippen molar-refractivity contribution in [3.63, 3.8) is 0 Å². The number of benzene rings is 1. The van der Waals surface area contributed by atoms with E-state index < -0.39 is 0 Å². The van der Waals surface area contributed by atoms with Crippen molar-refractivity contribution in [1.82, 2.24) is 0 Å². The first-order chi connectivity index (χ1) is 5.70. The van der Waals surface area contributed by atoms with E-state index >= 15 is 0 Å². The summed E-state index contributed by atoms with van der Waals surface area (Å²) in [4.78, 5) is 0. The summed E-state index contributed by atoms with van der Waals surface area (Å²) < 4.78 is 5.41. The van der Waals surface area contributed by atoms with E-state index in [1.807, 2.05) is 19.1 Å². The number of aryl methyl sites for hydroxylation is 1. The Balaban J connectivity index is 2.64. The first kappa shape index (κ1) is 7.90. The Labute approximate surface area is 76.3 Å². The molecule has 1 aromatic carbocycles. The molecule has 0 aliphatic carbocycles. The summed E-state index contributed by atoms with van der Waals surface area (Å²) in [6, 6.07) is 3.75. The van der Waals surface area contributed by atoms with Crippen LogP contribution in [0, 0.1) is 6.92 Å². The van der Waals surface area contributed by atoms with Crippen LogP contribution in [0.4, 0.5) is 0 Å². The van der Waals surface area contributed by atoms with E-state index in [4.69, 9.17) is 22.1 Å². The van der Waals surface area contributed by atoms with Crippen LogP contribution in [-0.2, 0) is 0 Å². The zero-order valence-corrected chi connectivity index (χ0v) is 7.56. The van der Waals surface area contributed by atoms with Crippen molar-refractivity contribution < 1.29 is 4.74 Å². The average Bonchev–Trinajstić information content (AvgIpc) is 2.42. The average molecular weight is 184 g/mol. The van der Waals surface area contributed by atoms with Crippen molar-refractivity contribution in [3.05, 3.63) is 28.3 Å². The number of fused-ring (bicyclic) bond motifs is 1. The zero-order chi connectivity index (χ0) is 8.72. The zero-order valence-electron chi connectivity index (χ0n) is 6.80. The van der Waals surface area contributed by atoms with Crippen LogP contribution in [0.3, 0.4) is 0 Å². The van der Waals surface area contributed by atoms with E-state index in [2.05, 4.69) is 0 Å². The third-order valence-corrected chi connectivity index (χ3v) is 2.45. The molecule has 0 aromatic heterocycles. The maximum Gasteiger partial charge on any atom is 0.128 e. The summed E-state index contributed by atoms with van der Waals surface area (Å²) in [6.45, 7) is 2.53. The van der Waals surface area contributed by atoms with Gasteiger partial charge in [0.15, 0.2) is 0 Å². The van der Waals surface area contributed by atoms with Crippen LogP contribution in [0.25, 0.3) is 0 Å². The fourth-order valence-corrected chi connectivity index (χ4v) is 1.77. The van der Waals surface area contributed by atoms with Gasteiger partial charge in [-0.1, -0.05) is 17.7 Å². The van der Waals surface area contributed by atoms with Gasteiger partial charge in [-0.05, 0) is 18.6 Å². The Morgan fingerprint density at radius 1 is 1.58 bits per heavy atom. The minimum absolute atomic E-state index is 0.0626. The van der Waals surface area contributed by atoms with Crippen LogP contribution in [0.2, 0.25) is 5.02 Å². The van der Waals surface area contributed by atoms with Crippen LogP contribution >= 0.6 is 11.6 Å². The van der Waals surface area contributed by atoms with Crippen LogP contribution in [-0.4, -0.2) is 6.61 Å². The minimum Gasteiger partial charge on any atom is -0.491 e. The molecule has 1 heterocycles. The number of halogens is 1. The lowest BCUT2D eigenvalue weighted by atomic mass is 10.1. The standard InChI is InChI=1S/C9H10ClNO/c1-5-2-3-6(10)8-7(11)4-12-9(5)8/h2-3,7H,4,11H2,1H3/t7-/m0/s1. The molecular formula is C9H10ClNO. The van der Waals surface area contributed by atoms with Crippen molar-refractivity contribution >= 4 is 11.6 Å². The normalized spacial score (nSPS) is 20.4. The molecule has 0 radical (unpaired) electrons. The lowest BCUT2D eigenvalue weighted by Crippen LogP contribution is -2.11. The Kier molecular flexibility index (Phi) is 1.74. The molecule has 2 nitrogen and oxygen atoms in total. The number of nitrogens with two attached hydrogens (primary N) is 1. The number of rotatable bonds is 0. The van der Waals surface area contributed by atoms with Gasteiger partial charge in [-0.15, -0.1) is 0 Å². The Morgan fingerprint density at radius 3 is 3.00 bits per heavy atom. The molecule has 2 N–H and O–H groups in total. The molecular weight excluding hydrogens is 174 g/mol. The van der Waals surface area contributed by atoms with Gasteiger partial charge in [-0.3, -0.25) is 0 Å². The summed E-state index contributed by atoms with van der Waals surface area (Å²) in [5, 5.41) is 0.709. The maximum absolute atomic E-state index is 5.98. The topological polar surface area (TPSA) is 35.2 Å². The molecule has 64 valence electrons. The fourth-order valence-electron chi connectivity index (χ4n) is 1.48. The van der Waals surface area contributed by atoms with Gasteiger partial charge in [0.1, 0.15) is 12.4 Å². The Bertz CT molecular complexity index is 325. The highest BCUT2D eigenvalue weighted by molar-refractivity contribution is 6.31. The van der Waals surface area contributed by atoms with Crippen molar-refractivity contribution in [1.29, 1.82) is 0 Å². The number of hydrogen-bond donors (Lipinski definition) is 1. The summed E-state index contributed by atoms with van der Waals surface area (Å²) in [5.74, 6) is 0.870. The Morgan fingerprint density at radius 2 is 2.33 bits per heavy atom. The third-order valence-electron chi connectivity index (χ3n) is 2.12. The molecule has 0 saturated carbocycles. The third kappa shape index (κ3) is 0.993. The van der Waals surface area contributed by atoms with E-state index in [9.17, 15) is 0 Å². The molecule has 12 heavy (non-hydrogen) atoms. The van der Waals surface area contributed by atoms with E-state index in [-0.39, 0.29) is 6.04 Å². The first-order valence-corrected chi connectivity index (χ1v) is 4.25. The molecule has 0 amide bonds.